The number of benzene rings is 1. The Labute approximate surface area is 134 Å². The van der Waals surface area contributed by atoms with Crippen molar-refractivity contribution in [1.82, 2.24) is 4.31 Å². The average molecular weight is 381 g/mol. The summed E-state index contributed by atoms with van der Waals surface area (Å²) in [4.78, 5) is 0.204. The number of aryl methyl sites for hydroxylation is 1. The fourth-order valence-corrected chi connectivity index (χ4v) is 3.93. The summed E-state index contributed by atoms with van der Waals surface area (Å²) in [5, 5.41) is 0. The third-order valence-corrected chi connectivity index (χ3v) is 5.73. The predicted molar refractivity (Wildman–Crippen MR) is 85.8 cm³/mol. The molecule has 0 unspecified atom stereocenters. The van der Waals surface area contributed by atoms with Gasteiger partial charge in [-0.1, -0.05) is 0 Å². The van der Waals surface area contributed by atoms with E-state index in [0.717, 1.165) is 0 Å². The number of nitrogen functional groups attached to an aromatic ring is 1. The van der Waals surface area contributed by atoms with Crippen LogP contribution in [0.25, 0.3) is 0 Å². The first-order valence-electron chi connectivity index (χ1n) is 6.38. The fraction of sp³-hybridized carbons (Fsp3) is 0.538. The van der Waals surface area contributed by atoms with Gasteiger partial charge in [-0.15, -0.1) is 0 Å². The highest BCUT2D eigenvalue weighted by atomic mass is 79.9. The molecule has 0 aliphatic heterocycles. The van der Waals surface area contributed by atoms with E-state index in [2.05, 4.69) is 15.9 Å². The van der Waals surface area contributed by atoms with Crippen LogP contribution in [0.3, 0.4) is 0 Å². The van der Waals surface area contributed by atoms with Gasteiger partial charge in [-0.2, -0.15) is 4.31 Å². The van der Waals surface area contributed by atoms with E-state index in [0.29, 0.717) is 28.9 Å². The summed E-state index contributed by atoms with van der Waals surface area (Å²) < 4.78 is 37.5. The van der Waals surface area contributed by atoms with Crippen LogP contribution < -0.4 is 5.73 Å². The van der Waals surface area contributed by atoms with Gasteiger partial charge in [0.2, 0.25) is 10.0 Å². The number of sulfonamides is 1. The van der Waals surface area contributed by atoms with Crippen molar-refractivity contribution in [3.8, 4) is 0 Å². The maximum absolute atomic E-state index is 12.8. The smallest absolute Gasteiger partial charge is 0.243 e. The van der Waals surface area contributed by atoms with Crippen molar-refractivity contribution >= 4 is 31.6 Å². The van der Waals surface area contributed by atoms with Crippen molar-refractivity contribution in [3.05, 3.63) is 22.2 Å². The number of hydrogen-bond donors (Lipinski definition) is 1. The van der Waals surface area contributed by atoms with Gasteiger partial charge < -0.3 is 15.2 Å². The molecule has 0 atom stereocenters. The van der Waals surface area contributed by atoms with Crippen LogP contribution in [-0.4, -0.2) is 53.2 Å². The molecule has 1 aromatic rings. The summed E-state index contributed by atoms with van der Waals surface area (Å²) in [6.07, 6.45) is 0. The second-order valence-corrected chi connectivity index (χ2v) is 7.29. The van der Waals surface area contributed by atoms with E-state index in [1.807, 2.05) is 0 Å². The molecule has 0 spiro atoms. The van der Waals surface area contributed by atoms with Crippen molar-refractivity contribution in [2.24, 2.45) is 0 Å². The monoisotopic (exact) mass is 380 g/mol. The summed E-state index contributed by atoms with van der Waals surface area (Å²) in [6, 6.07) is 3.17. The molecule has 0 fully saturated rings. The Morgan fingerprint density at radius 3 is 2.19 bits per heavy atom. The number of halogens is 1. The van der Waals surface area contributed by atoms with Crippen molar-refractivity contribution < 1.29 is 17.9 Å². The second-order valence-electron chi connectivity index (χ2n) is 4.53. The van der Waals surface area contributed by atoms with Gasteiger partial charge in [0.1, 0.15) is 0 Å². The van der Waals surface area contributed by atoms with E-state index >= 15 is 0 Å². The molecule has 21 heavy (non-hydrogen) atoms. The molecule has 0 aliphatic rings. The minimum atomic E-state index is -3.64. The minimum absolute atomic E-state index is 0.204. The highest BCUT2D eigenvalue weighted by Gasteiger charge is 2.26. The maximum Gasteiger partial charge on any atom is 0.243 e. The summed E-state index contributed by atoms with van der Waals surface area (Å²) in [7, 11) is -0.580. The van der Waals surface area contributed by atoms with Gasteiger partial charge in [-0.25, -0.2) is 8.42 Å². The van der Waals surface area contributed by atoms with E-state index in [-0.39, 0.29) is 18.0 Å². The largest absolute Gasteiger partial charge is 0.398 e. The fourth-order valence-electron chi connectivity index (χ4n) is 1.82. The number of methoxy groups -OCH3 is 2. The third kappa shape index (κ3) is 4.65. The molecule has 0 heterocycles. The number of rotatable bonds is 8. The second kappa shape index (κ2) is 8.09. The van der Waals surface area contributed by atoms with Crippen molar-refractivity contribution in [2.75, 3.05) is 46.3 Å². The van der Waals surface area contributed by atoms with Gasteiger partial charge in [0.05, 0.1) is 18.1 Å². The Hall–Kier alpha value is -0.670. The zero-order chi connectivity index (χ0) is 16.0. The number of hydrogen-bond acceptors (Lipinski definition) is 5. The lowest BCUT2D eigenvalue weighted by atomic mass is 10.2. The Morgan fingerprint density at radius 1 is 1.19 bits per heavy atom. The molecule has 2 N–H and O–H groups in total. The number of ether oxygens (including phenoxy) is 2. The summed E-state index contributed by atoms with van der Waals surface area (Å²) in [5.74, 6) is 0. The van der Waals surface area contributed by atoms with Gasteiger partial charge in [-0.05, 0) is 40.5 Å². The van der Waals surface area contributed by atoms with E-state index in [1.54, 1.807) is 13.0 Å². The molecule has 0 saturated heterocycles. The lowest BCUT2D eigenvalue weighted by Crippen LogP contribution is -2.36. The SMILES string of the molecule is COCCN(CCOC)S(=O)(=O)c1cc(N)c(Br)cc1C. The van der Waals surface area contributed by atoms with Crippen LogP contribution in [-0.2, 0) is 19.5 Å². The molecular weight excluding hydrogens is 360 g/mol. The lowest BCUT2D eigenvalue weighted by Gasteiger charge is -2.23. The van der Waals surface area contributed by atoms with Gasteiger partial charge in [0.25, 0.3) is 0 Å². The van der Waals surface area contributed by atoms with E-state index in [1.165, 1.54) is 24.6 Å². The molecule has 0 aliphatic carbocycles. The van der Waals surface area contributed by atoms with Crippen LogP contribution in [0.4, 0.5) is 5.69 Å². The van der Waals surface area contributed by atoms with Crippen LogP contribution >= 0.6 is 15.9 Å². The third-order valence-electron chi connectivity index (χ3n) is 3.00. The first-order valence-corrected chi connectivity index (χ1v) is 8.61. The Balaban J connectivity index is 3.18. The Kier molecular flexibility index (Phi) is 7.08. The highest BCUT2D eigenvalue weighted by molar-refractivity contribution is 9.10. The topological polar surface area (TPSA) is 81.9 Å². The quantitative estimate of drug-likeness (QED) is 0.692. The molecular formula is C13H21BrN2O4S. The first kappa shape index (κ1) is 18.4. The zero-order valence-electron chi connectivity index (χ0n) is 12.4. The minimum Gasteiger partial charge on any atom is -0.398 e. The standard InChI is InChI=1S/C13H21BrN2O4S/c1-10-8-11(14)12(15)9-13(10)21(17,18)16(4-6-19-2)5-7-20-3/h8-9H,4-7,15H2,1-3H3. The van der Waals surface area contributed by atoms with Crippen molar-refractivity contribution in [3.63, 3.8) is 0 Å². The molecule has 0 saturated carbocycles. The molecule has 0 amide bonds. The summed E-state index contributed by atoms with van der Waals surface area (Å²) >= 11 is 3.29. The van der Waals surface area contributed by atoms with Gasteiger partial charge >= 0.3 is 0 Å². The summed E-state index contributed by atoms with van der Waals surface area (Å²) in [5.41, 5.74) is 6.83. The Morgan fingerprint density at radius 2 is 1.71 bits per heavy atom. The van der Waals surface area contributed by atoms with Crippen molar-refractivity contribution in [1.29, 1.82) is 0 Å². The zero-order valence-corrected chi connectivity index (χ0v) is 14.8. The molecule has 1 rings (SSSR count). The molecule has 120 valence electrons. The van der Waals surface area contributed by atoms with Crippen LogP contribution in [0.5, 0.6) is 0 Å². The average Bonchev–Trinajstić information content (AvgIpc) is 2.42. The molecule has 0 bridgehead atoms. The molecule has 1 aromatic carbocycles. The Bertz CT molecular complexity index is 570. The van der Waals surface area contributed by atoms with Crippen LogP contribution in [0.15, 0.2) is 21.5 Å². The molecule has 0 aromatic heterocycles. The van der Waals surface area contributed by atoms with E-state index in [9.17, 15) is 8.42 Å². The van der Waals surface area contributed by atoms with Crippen LogP contribution in [0.1, 0.15) is 5.56 Å². The van der Waals surface area contributed by atoms with Crippen LogP contribution in [0.2, 0.25) is 0 Å². The summed E-state index contributed by atoms with van der Waals surface area (Å²) in [6.45, 7) is 2.89. The van der Waals surface area contributed by atoms with E-state index < -0.39 is 10.0 Å². The number of nitrogens with two attached hydrogens (primary N) is 1. The van der Waals surface area contributed by atoms with Gasteiger partial charge in [-0.3, -0.25) is 0 Å². The molecule has 0 radical (unpaired) electrons. The number of nitrogens with zero attached hydrogens (tertiary/aromatic N) is 1. The normalized spacial score (nSPS) is 12.0. The van der Waals surface area contributed by atoms with Gasteiger partial charge in [0, 0.05) is 37.5 Å². The lowest BCUT2D eigenvalue weighted by molar-refractivity contribution is 0.150. The first-order chi connectivity index (χ1) is 9.84. The number of anilines is 1. The molecule has 8 heteroatoms. The van der Waals surface area contributed by atoms with Crippen molar-refractivity contribution in [2.45, 2.75) is 11.8 Å². The predicted octanol–water partition coefficient (Wildman–Crippen LogP) is 1.62. The molecule has 6 nitrogen and oxygen atoms in total. The highest BCUT2D eigenvalue weighted by Crippen LogP contribution is 2.28. The van der Waals surface area contributed by atoms with E-state index in [4.69, 9.17) is 15.2 Å². The van der Waals surface area contributed by atoms with Gasteiger partial charge in [0.15, 0.2) is 0 Å². The van der Waals surface area contributed by atoms with Crippen LogP contribution in [0, 0.1) is 6.92 Å². The maximum atomic E-state index is 12.8.